The van der Waals surface area contributed by atoms with Gasteiger partial charge in [-0.1, -0.05) is 32.0 Å². The second-order valence-corrected chi connectivity index (χ2v) is 6.76. The SMILES string of the molecule is CCc1cccc(CC)c1NC(=O)C(C)n1cc(C)cc(Br)c1=O. The highest BCUT2D eigenvalue weighted by atomic mass is 79.9. The van der Waals surface area contributed by atoms with Gasteiger partial charge in [-0.2, -0.15) is 0 Å². The number of pyridine rings is 1. The van der Waals surface area contributed by atoms with Crippen LogP contribution in [0.5, 0.6) is 0 Å². The minimum Gasteiger partial charge on any atom is -0.324 e. The molecule has 2 rings (SSSR count). The highest BCUT2D eigenvalue weighted by molar-refractivity contribution is 9.10. The lowest BCUT2D eigenvalue weighted by Gasteiger charge is -2.19. The second-order valence-electron chi connectivity index (χ2n) is 5.90. The summed E-state index contributed by atoms with van der Waals surface area (Å²) in [5.41, 5.74) is 3.80. The van der Waals surface area contributed by atoms with E-state index in [1.807, 2.05) is 25.1 Å². The van der Waals surface area contributed by atoms with Crippen LogP contribution in [0, 0.1) is 6.92 Å². The summed E-state index contributed by atoms with van der Waals surface area (Å²) in [6.45, 7) is 7.77. The number of aryl methyl sites for hydroxylation is 3. The van der Waals surface area contributed by atoms with Crippen molar-refractivity contribution in [3.63, 3.8) is 0 Å². The van der Waals surface area contributed by atoms with Gasteiger partial charge in [-0.3, -0.25) is 9.59 Å². The molecule has 0 fully saturated rings. The van der Waals surface area contributed by atoms with Gasteiger partial charge < -0.3 is 9.88 Å². The van der Waals surface area contributed by atoms with Crippen LogP contribution in [0.25, 0.3) is 0 Å². The maximum absolute atomic E-state index is 12.7. The van der Waals surface area contributed by atoms with Crippen LogP contribution in [0.1, 0.15) is 43.5 Å². The summed E-state index contributed by atoms with van der Waals surface area (Å²) in [5, 5.41) is 3.03. The third kappa shape index (κ3) is 3.78. The number of amides is 1. The molecule has 5 heteroatoms. The topological polar surface area (TPSA) is 51.1 Å². The van der Waals surface area contributed by atoms with Gasteiger partial charge in [-0.15, -0.1) is 0 Å². The Bertz CT molecular complexity index is 789. The molecule has 4 nitrogen and oxygen atoms in total. The molecule has 0 saturated heterocycles. The zero-order valence-corrected chi connectivity index (χ0v) is 16.1. The van der Waals surface area contributed by atoms with Crippen LogP contribution in [0.2, 0.25) is 0 Å². The van der Waals surface area contributed by atoms with Crippen LogP contribution in [0.3, 0.4) is 0 Å². The zero-order valence-electron chi connectivity index (χ0n) is 14.5. The number of carbonyl (C=O) groups is 1. The quantitative estimate of drug-likeness (QED) is 0.829. The molecule has 1 heterocycles. The van der Waals surface area contributed by atoms with Crippen LogP contribution in [-0.2, 0) is 17.6 Å². The molecule has 1 aromatic heterocycles. The number of rotatable bonds is 5. The van der Waals surface area contributed by atoms with Gasteiger partial charge in [0.05, 0.1) is 4.47 Å². The number of aromatic nitrogens is 1. The number of hydrogen-bond acceptors (Lipinski definition) is 2. The third-order valence-corrected chi connectivity index (χ3v) is 4.75. The first-order valence-corrected chi connectivity index (χ1v) is 8.98. The Morgan fingerprint density at radius 1 is 1.25 bits per heavy atom. The van der Waals surface area contributed by atoms with Gasteiger partial charge in [0.25, 0.3) is 5.56 Å². The number of hydrogen-bond donors (Lipinski definition) is 1. The standard InChI is InChI=1S/C19H23BrN2O2/c1-5-14-8-7-9-15(6-2)17(14)21-18(23)13(4)22-11-12(3)10-16(20)19(22)24/h7-11,13H,5-6H2,1-4H3,(H,21,23). The first kappa shape index (κ1) is 18.5. The van der Waals surface area contributed by atoms with Crippen molar-refractivity contribution >= 4 is 27.5 Å². The molecule has 0 bridgehead atoms. The van der Waals surface area contributed by atoms with E-state index in [2.05, 4.69) is 35.1 Å². The average molecular weight is 391 g/mol. The molecular weight excluding hydrogens is 368 g/mol. The highest BCUT2D eigenvalue weighted by Gasteiger charge is 2.19. The number of anilines is 1. The summed E-state index contributed by atoms with van der Waals surface area (Å²) in [7, 11) is 0. The van der Waals surface area contributed by atoms with Crippen LogP contribution < -0.4 is 10.9 Å². The minimum atomic E-state index is -0.594. The Kier molecular flexibility index (Phi) is 5.99. The summed E-state index contributed by atoms with van der Waals surface area (Å²) in [6, 6.07) is 7.22. The Hall–Kier alpha value is -1.88. The first-order valence-electron chi connectivity index (χ1n) is 8.18. The number of carbonyl (C=O) groups excluding carboxylic acids is 1. The summed E-state index contributed by atoms with van der Waals surface area (Å²) in [6.07, 6.45) is 3.39. The molecule has 0 aliphatic rings. The molecule has 1 amide bonds. The molecule has 0 radical (unpaired) electrons. The Balaban J connectivity index is 2.36. The predicted octanol–water partition coefficient (Wildman–Crippen LogP) is 4.24. The Morgan fingerprint density at radius 3 is 2.38 bits per heavy atom. The largest absolute Gasteiger partial charge is 0.324 e. The van der Waals surface area contributed by atoms with E-state index in [9.17, 15) is 9.59 Å². The summed E-state index contributed by atoms with van der Waals surface area (Å²) < 4.78 is 1.93. The van der Waals surface area contributed by atoms with Crippen molar-refractivity contribution < 1.29 is 4.79 Å². The molecule has 2 aromatic rings. The van der Waals surface area contributed by atoms with Crippen molar-refractivity contribution in [2.24, 2.45) is 0 Å². The monoisotopic (exact) mass is 390 g/mol. The lowest BCUT2D eigenvalue weighted by Crippen LogP contribution is -2.32. The van der Waals surface area contributed by atoms with Gasteiger partial charge in [0.15, 0.2) is 0 Å². The number of nitrogens with one attached hydrogen (secondary N) is 1. The van der Waals surface area contributed by atoms with Crippen molar-refractivity contribution in [2.75, 3.05) is 5.32 Å². The fourth-order valence-electron chi connectivity index (χ4n) is 2.75. The number of benzene rings is 1. The van der Waals surface area contributed by atoms with E-state index in [1.165, 1.54) is 4.57 Å². The van der Waals surface area contributed by atoms with Crippen molar-refractivity contribution in [3.8, 4) is 0 Å². The Morgan fingerprint density at radius 2 is 1.83 bits per heavy atom. The van der Waals surface area contributed by atoms with Crippen molar-refractivity contribution in [1.29, 1.82) is 0 Å². The second kappa shape index (κ2) is 7.79. The molecule has 0 aliphatic heterocycles. The molecule has 1 aromatic carbocycles. The third-order valence-electron chi connectivity index (χ3n) is 4.18. The normalized spacial score (nSPS) is 12.0. The summed E-state index contributed by atoms with van der Waals surface area (Å²) >= 11 is 3.26. The molecule has 24 heavy (non-hydrogen) atoms. The van der Waals surface area contributed by atoms with E-state index in [0.717, 1.165) is 35.2 Å². The Labute approximate surface area is 151 Å². The molecular formula is C19H23BrN2O2. The van der Waals surface area contributed by atoms with Crippen molar-refractivity contribution in [3.05, 3.63) is 62.0 Å². The number of para-hydroxylation sites is 1. The number of halogens is 1. The molecule has 1 atom stereocenters. The van der Waals surface area contributed by atoms with Gasteiger partial charge in [-0.25, -0.2) is 0 Å². The predicted molar refractivity (Wildman–Crippen MR) is 102 cm³/mol. The molecule has 1 N–H and O–H groups in total. The minimum absolute atomic E-state index is 0.190. The number of nitrogens with zero attached hydrogens (tertiary/aromatic N) is 1. The van der Waals surface area contributed by atoms with Gasteiger partial charge in [0, 0.05) is 11.9 Å². The average Bonchev–Trinajstić information content (AvgIpc) is 2.57. The van der Waals surface area contributed by atoms with Gasteiger partial charge in [-0.05, 0) is 65.4 Å². The van der Waals surface area contributed by atoms with Gasteiger partial charge in [0.1, 0.15) is 6.04 Å². The highest BCUT2D eigenvalue weighted by Crippen LogP contribution is 2.24. The smallest absolute Gasteiger partial charge is 0.265 e. The van der Waals surface area contributed by atoms with E-state index in [0.29, 0.717) is 4.47 Å². The van der Waals surface area contributed by atoms with Crippen molar-refractivity contribution in [1.82, 2.24) is 4.57 Å². The lowest BCUT2D eigenvalue weighted by molar-refractivity contribution is -0.118. The maximum Gasteiger partial charge on any atom is 0.265 e. The van der Waals surface area contributed by atoms with Gasteiger partial charge in [0.2, 0.25) is 5.91 Å². The lowest BCUT2D eigenvalue weighted by atomic mass is 10.0. The summed E-state index contributed by atoms with van der Waals surface area (Å²) in [4.78, 5) is 25.0. The van der Waals surface area contributed by atoms with Crippen molar-refractivity contribution in [2.45, 2.75) is 46.6 Å². The molecule has 128 valence electrons. The zero-order chi connectivity index (χ0) is 17.9. The van der Waals surface area contributed by atoms with Crippen LogP contribution in [-0.4, -0.2) is 10.5 Å². The molecule has 1 unspecified atom stereocenters. The maximum atomic E-state index is 12.7. The van der Waals surface area contributed by atoms with E-state index in [1.54, 1.807) is 19.2 Å². The van der Waals surface area contributed by atoms with Crippen LogP contribution >= 0.6 is 15.9 Å². The molecule has 0 saturated carbocycles. The molecule has 0 aliphatic carbocycles. The van der Waals surface area contributed by atoms with E-state index < -0.39 is 6.04 Å². The first-order chi connectivity index (χ1) is 11.4. The fraction of sp³-hybridized carbons (Fsp3) is 0.368. The van der Waals surface area contributed by atoms with Gasteiger partial charge >= 0.3 is 0 Å². The fourth-order valence-corrected chi connectivity index (χ4v) is 3.31. The van der Waals surface area contributed by atoms with Crippen LogP contribution in [0.15, 0.2) is 39.7 Å². The van der Waals surface area contributed by atoms with E-state index in [4.69, 9.17) is 0 Å². The molecule has 0 spiro atoms. The van der Waals surface area contributed by atoms with Crippen LogP contribution in [0.4, 0.5) is 5.69 Å². The summed E-state index contributed by atoms with van der Waals surface area (Å²) in [5.74, 6) is -0.190. The van der Waals surface area contributed by atoms with E-state index in [-0.39, 0.29) is 11.5 Å². The van der Waals surface area contributed by atoms with E-state index >= 15 is 0 Å².